The van der Waals surface area contributed by atoms with Gasteiger partial charge in [-0.05, 0) is 18.4 Å². The Labute approximate surface area is 176 Å². The summed E-state index contributed by atoms with van der Waals surface area (Å²) in [5, 5.41) is 0.204. The summed E-state index contributed by atoms with van der Waals surface area (Å²) in [6.45, 7) is -0.731. The molecule has 0 aliphatic heterocycles. The number of aryl methyl sites for hydroxylation is 1. The standard InChI is InChI=1S/C21H24F3N5O2/c22-21(23,24)12-31-20-27-17-15(19(30)28-20)8-9-25-18(17)16-11-29(13-26-16)10-4-3-7-14-5-1-2-6-14/h8-9,11,13-14H,1-7,10,12H2,(H,27,28,30). The highest BCUT2D eigenvalue weighted by atomic mass is 19.4. The molecular formula is C21H24F3N5O2. The van der Waals surface area contributed by atoms with E-state index >= 15 is 0 Å². The molecule has 1 aliphatic carbocycles. The zero-order valence-corrected chi connectivity index (χ0v) is 17.0. The van der Waals surface area contributed by atoms with Gasteiger partial charge in [-0.2, -0.15) is 18.2 Å². The number of aromatic nitrogens is 5. The van der Waals surface area contributed by atoms with Crippen molar-refractivity contribution in [2.75, 3.05) is 6.61 Å². The molecule has 1 aliphatic rings. The highest BCUT2D eigenvalue weighted by Crippen LogP contribution is 2.29. The Morgan fingerprint density at radius 1 is 1.19 bits per heavy atom. The highest BCUT2D eigenvalue weighted by molar-refractivity contribution is 5.89. The molecule has 0 bridgehead atoms. The molecule has 0 saturated heterocycles. The van der Waals surface area contributed by atoms with E-state index in [1.165, 1.54) is 50.8 Å². The van der Waals surface area contributed by atoms with Crippen LogP contribution in [0.25, 0.3) is 22.3 Å². The molecule has 0 unspecified atom stereocenters. The van der Waals surface area contributed by atoms with Crippen LogP contribution in [0.3, 0.4) is 0 Å². The summed E-state index contributed by atoms with van der Waals surface area (Å²) in [7, 11) is 0. The maximum atomic E-state index is 12.4. The third kappa shape index (κ3) is 5.42. The number of hydrogen-bond donors (Lipinski definition) is 1. The summed E-state index contributed by atoms with van der Waals surface area (Å²) in [6.07, 6.45) is 9.31. The van der Waals surface area contributed by atoms with E-state index in [4.69, 9.17) is 0 Å². The van der Waals surface area contributed by atoms with E-state index in [-0.39, 0.29) is 10.9 Å². The van der Waals surface area contributed by atoms with Gasteiger partial charge in [-0.1, -0.05) is 38.5 Å². The van der Waals surface area contributed by atoms with Crippen LogP contribution in [0.2, 0.25) is 0 Å². The molecular weight excluding hydrogens is 411 g/mol. The van der Waals surface area contributed by atoms with Crippen LogP contribution in [-0.2, 0) is 6.54 Å². The van der Waals surface area contributed by atoms with E-state index in [0.717, 1.165) is 18.9 Å². The topological polar surface area (TPSA) is 85.7 Å². The molecule has 0 spiro atoms. The van der Waals surface area contributed by atoms with Crippen molar-refractivity contribution in [3.05, 3.63) is 35.1 Å². The zero-order valence-electron chi connectivity index (χ0n) is 17.0. The number of halogens is 3. The monoisotopic (exact) mass is 435 g/mol. The number of ether oxygens (including phenoxy) is 1. The lowest BCUT2D eigenvalue weighted by molar-refractivity contribution is -0.154. The molecule has 4 rings (SSSR count). The van der Waals surface area contributed by atoms with Gasteiger partial charge in [-0.15, -0.1) is 0 Å². The van der Waals surface area contributed by atoms with Crippen molar-refractivity contribution < 1.29 is 17.9 Å². The quantitative estimate of drug-likeness (QED) is 0.527. The Hall–Kier alpha value is -2.91. The van der Waals surface area contributed by atoms with Gasteiger partial charge in [0.15, 0.2) is 6.61 Å². The van der Waals surface area contributed by atoms with E-state index in [1.54, 1.807) is 6.33 Å². The van der Waals surface area contributed by atoms with Gasteiger partial charge in [0, 0.05) is 18.9 Å². The van der Waals surface area contributed by atoms with E-state index in [1.807, 2.05) is 10.8 Å². The van der Waals surface area contributed by atoms with Crippen LogP contribution in [0.15, 0.2) is 29.6 Å². The van der Waals surface area contributed by atoms with Crippen molar-refractivity contribution >= 4 is 10.9 Å². The van der Waals surface area contributed by atoms with Crippen molar-refractivity contribution in [1.82, 2.24) is 24.5 Å². The predicted octanol–water partition coefficient (Wildman–Crippen LogP) is 4.48. The molecule has 0 amide bonds. The minimum Gasteiger partial charge on any atom is -0.455 e. The summed E-state index contributed by atoms with van der Waals surface area (Å²) in [5.74, 6) is 0.871. The molecule has 1 saturated carbocycles. The van der Waals surface area contributed by atoms with Crippen LogP contribution >= 0.6 is 0 Å². The summed E-state index contributed by atoms with van der Waals surface area (Å²) in [5.41, 5.74) is 0.374. The lowest BCUT2D eigenvalue weighted by atomic mass is 10.0. The molecule has 3 aromatic heterocycles. The highest BCUT2D eigenvalue weighted by Gasteiger charge is 2.29. The predicted molar refractivity (Wildman–Crippen MR) is 109 cm³/mol. The average molecular weight is 435 g/mol. The largest absolute Gasteiger partial charge is 0.455 e. The third-order valence-corrected chi connectivity index (χ3v) is 5.60. The summed E-state index contributed by atoms with van der Waals surface area (Å²) >= 11 is 0. The number of pyridine rings is 1. The van der Waals surface area contributed by atoms with Gasteiger partial charge in [-0.25, -0.2) is 4.98 Å². The number of rotatable bonds is 8. The fraction of sp³-hybridized carbons (Fsp3) is 0.524. The van der Waals surface area contributed by atoms with Crippen molar-refractivity contribution in [2.24, 2.45) is 5.92 Å². The van der Waals surface area contributed by atoms with E-state index in [9.17, 15) is 18.0 Å². The summed E-state index contributed by atoms with van der Waals surface area (Å²) in [6, 6.07) is 0.952. The minimum absolute atomic E-state index is 0.148. The van der Waals surface area contributed by atoms with Crippen LogP contribution in [0.5, 0.6) is 6.01 Å². The molecule has 0 aromatic carbocycles. The molecule has 1 fully saturated rings. The van der Waals surface area contributed by atoms with Crippen LogP contribution in [-0.4, -0.2) is 37.3 Å². The van der Waals surface area contributed by atoms with E-state index < -0.39 is 24.4 Å². The third-order valence-electron chi connectivity index (χ3n) is 5.60. The Bertz CT molecular complexity index is 1090. The molecule has 1 N–H and O–H groups in total. The van der Waals surface area contributed by atoms with Gasteiger partial charge in [0.05, 0.1) is 11.7 Å². The number of nitrogens with zero attached hydrogens (tertiary/aromatic N) is 4. The Kier molecular flexibility index (Phi) is 6.24. The van der Waals surface area contributed by atoms with Crippen LogP contribution in [0, 0.1) is 5.92 Å². The van der Waals surface area contributed by atoms with Crippen LogP contribution in [0.1, 0.15) is 44.9 Å². The molecule has 31 heavy (non-hydrogen) atoms. The second-order valence-corrected chi connectivity index (χ2v) is 7.97. The van der Waals surface area contributed by atoms with Crippen molar-refractivity contribution in [2.45, 2.75) is 57.7 Å². The van der Waals surface area contributed by atoms with E-state index in [0.29, 0.717) is 11.4 Å². The SMILES string of the molecule is O=c1[nH]c(OCC(F)(F)F)nc2c(-c3cn(CCCCC4CCCC4)cn3)nccc12. The molecule has 10 heteroatoms. The second kappa shape index (κ2) is 9.07. The van der Waals surface area contributed by atoms with Gasteiger partial charge in [0.1, 0.15) is 16.9 Å². The first kappa shape index (κ1) is 21.3. The Balaban J connectivity index is 1.49. The minimum atomic E-state index is -4.54. The zero-order chi connectivity index (χ0) is 21.8. The average Bonchev–Trinajstić information content (AvgIpc) is 3.41. The van der Waals surface area contributed by atoms with Crippen LogP contribution < -0.4 is 10.3 Å². The van der Waals surface area contributed by atoms with Gasteiger partial charge in [-0.3, -0.25) is 14.8 Å². The number of hydrogen-bond acceptors (Lipinski definition) is 5. The van der Waals surface area contributed by atoms with Gasteiger partial charge in [0.25, 0.3) is 11.6 Å². The van der Waals surface area contributed by atoms with Crippen molar-refractivity contribution in [3.8, 4) is 17.4 Å². The molecule has 0 radical (unpaired) electrons. The van der Waals surface area contributed by atoms with Crippen molar-refractivity contribution in [3.63, 3.8) is 0 Å². The van der Waals surface area contributed by atoms with Gasteiger partial charge < -0.3 is 9.30 Å². The number of fused-ring (bicyclic) bond motifs is 1. The van der Waals surface area contributed by atoms with Crippen molar-refractivity contribution in [1.29, 1.82) is 0 Å². The summed E-state index contributed by atoms with van der Waals surface area (Å²) < 4.78 is 43.9. The fourth-order valence-electron chi connectivity index (χ4n) is 4.08. The summed E-state index contributed by atoms with van der Waals surface area (Å²) in [4.78, 5) is 27.2. The van der Waals surface area contributed by atoms with Gasteiger partial charge in [0.2, 0.25) is 0 Å². The molecule has 7 nitrogen and oxygen atoms in total. The first-order chi connectivity index (χ1) is 14.9. The smallest absolute Gasteiger partial charge is 0.422 e. The van der Waals surface area contributed by atoms with Crippen LogP contribution in [0.4, 0.5) is 13.2 Å². The lowest BCUT2D eigenvalue weighted by Crippen LogP contribution is -2.21. The molecule has 3 aromatic rings. The number of H-pyrrole nitrogens is 1. The fourth-order valence-corrected chi connectivity index (χ4v) is 4.08. The normalized spacial score (nSPS) is 15.1. The lowest BCUT2D eigenvalue weighted by Gasteiger charge is -2.09. The maximum Gasteiger partial charge on any atom is 0.422 e. The second-order valence-electron chi connectivity index (χ2n) is 7.97. The number of nitrogens with one attached hydrogen (secondary N) is 1. The number of unbranched alkanes of at least 4 members (excludes halogenated alkanes) is 1. The molecule has 166 valence electrons. The Morgan fingerprint density at radius 2 is 2.00 bits per heavy atom. The Morgan fingerprint density at radius 3 is 2.77 bits per heavy atom. The number of alkyl halides is 3. The molecule has 3 heterocycles. The first-order valence-corrected chi connectivity index (χ1v) is 10.5. The number of imidazole rings is 1. The van der Waals surface area contributed by atoms with Gasteiger partial charge >= 0.3 is 6.18 Å². The first-order valence-electron chi connectivity index (χ1n) is 10.5. The maximum absolute atomic E-state index is 12.4. The molecule has 0 atom stereocenters. The number of aromatic amines is 1. The van der Waals surface area contributed by atoms with E-state index in [2.05, 4.69) is 24.7 Å².